The lowest BCUT2D eigenvalue weighted by molar-refractivity contribution is 0.0726. The summed E-state index contributed by atoms with van der Waals surface area (Å²) in [5, 5.41) is 0. The summed E-state index contributed by atoms with van der Waals surface area (Å²) >= 11 is 0. The molecule has 7 heteroatoms. The van der Waals surface area contributed by atoms with E-state index in [0.717, 1.165) is 18.2 Å². The van der Waals surface area contributed by atoms with E-state index in [0.29, 0.717) is 49.3 Å². The molecule has 1 amide bonds. The van der Waals surface area contributed by atoms with E-state index < -0.39 is 17.5 Å². The van der Waals surface area contributed by atoms with Crippen LogP contribution < -0.4 is 9.47 Å². The van der Waals surface area contributed by atoms with E-state index in [-0.39, 0.29) is 12.1 Å². The molecular formula is C22H28F2N2O3. The van der Waals surface area contributed by atoms with Crippen LogP contribution in [0.15, 0.2) is 30.5 Å². The molecule has 0 aliphatic carbocycles. The molecule has 0 aliphatic rings. The van der Waals surface area contributed by atoms with Crippen molar-refractivity contribution in [1.29, 1.82) is 0 Å². The van der Waals surface area contributed by atoms with Crippen LogP contribution in [-0.2, 0) is 6.54 Å². The number of hydrogen-bond acceptors (Lipinski definition) is 4. The van der Waals surface area contributed by atoms with Gasteiger partial charge >= 0.3 is 0 Å². The Kier molecular flexibility index (Phi) is 8.36. The molecule has 0 unspecified atom stereocenters. The van der Waals surface area contributed by atoms with Gasteiger partial charge in [-0.25, -0.2) is 8.78 Å². The Hall–Kier alpha value is -2.70. The Morgan fingerprint density at radius 3 is 2.52 bits per heavy atom. The zero-order valence-corrected chi connectivity index (χ0v) is 17.4. The second kappa shape index (κ2) is 10.7. The zero-order valence-electron chi connectivity index (χ0n) is 17.4. The molecule has 0 saturated heterocycles. The van der Waals surface area contributed by atoms with Gasteiger partial charge in [-0.3, -0.25) is 9.78 Å². The first-order chi connectivity index (χ1) is 13.8. The van der Waals surface area contributed by atoms with Crippen molar-refractivity contribution >= 4 is 5.91 Å². The molecule has 0 atom stereocenters. The number of hydrogen-bond donors (Lipinski definition) is 0. The summed E-state index contributed by atoms with van der Waals surface area (Å²) in [4.78, 5) is 18.9. The molecule has 0 radical (unpaired) electrons. The van der Waals surface area contributed by atoms with Crippen molar-refractivity contribution in [3.8, 4) is 11.5 Å². The van der Waals surface area contributed by atoms with Crippen molar-refractivity contribution in [2.75, 3.05) is 19.8 Å². The zero-order chi connectivity index (χ0) is 21.4. The van der Waals surface area contributed by atoms with Crippen LogP contribution >= 0.6 is 0 Å². The third-order valence-corrected chi connectivity index (χ3v) is 4.28. The molecule has 0 spiro atoms. The van der Waals surface area contributed by atoms with Gasteiger partial charge in [-0.2, -0.15) is 0 Å². The fraction of sp³-hybridized carbons (Fsp3) is 0.455. The van der Waals surface area contributed by atoms with Gasteiger partial charge in [-0.1, -0.05) is 13.8 Å². The SMILES string of the molecule is CCOc1cnc(CN(CCC(C)C)C(=O)c2cc(F)ccc2F)c(OCC)c1. The third-order valence-electron chi connectivity index (χ3n) is 4.28. The summed E-state index contributed by atoms with van der Waals surface area (Å²) in [5.74, 6) is -0.595. The highest BCUT2D eigenvalue weighted by molar-refractivity contribution is 5.94. The first-order valence-electron chi connectivity index (χ1n) is 9.84. The van der Waals surface area contributed by atoms with Crippen LogP contribution in [0.5, 0.6) is 11.5 Å². The van der Waals surface area contributed by atoms with Crippen LogP contribution in [0.4, 0.5) is 8.78 Å². The fourth-order valence-corrected chi connectivity index (χ4v) is 2.78. The van der Waals surface area contributed by atoms with Gasteiger partial charge in [0.15, 0.2) is 0 Å². The molecule has 2 rings (SSSR count). The van der Waals surface area contributed by atoms with E-state index in [4.69, 9.17) is 9.47 Å². The summed E-state index contributed by atoms with van der Waals surface area (Å²) < 4.78 is 38.9. The monoisotopic (exact) mass is 406 g/mol. The lowest BCUT2D eigenvalue weighted by atomic mass is 10.1. The van der Waals surface area contributed by atoms with Crippen LogP contribution in [0.2, 0.25) is 0 Å². The van der Waals surface area contributed by atoms with E-state index in [9.17, 15) is 13.6 Å². The molecule has 2 aromatic rings. The van der Waals surface area contributed by atoms with Crippen LogP contribution in [-0.4, -0.2) is 35.5 Å². The highest BCUT2D eigenvalue weighted by atomic mass is 19.1. The minimum atomic E-state index is -0.754. The molecule has 1 aromatic carbocycles. The number of halogens is 2. The lowest BCUT2D eigenvalue weighted by Crippen LogP contribution is -2.33. The topological polar surface area (TPSA) is 51.7 Å². The number of ether oxygens (including phenoxy) is 2. The maximum Gasteiger partial charge on any atom is 0.257 e. The number of benzene rings is 1. The smallest absolute Gasteiger partial charge is 0.257 e. The lowest BCUT2D eigenvalue weighted by Gasteiger charge is -2.25. The molecule has 5 nitrogen and oxygen atoms in total. The fourth-order valence-electron chi connectivity index (χ4n) is 2.78. The van der Waals surface area contributed by atoms with Crippen LogP contribution in [0, 0.1) is 17.6 Å². The normalized spacial score (nSPS) is 10.9. The Balaban J connectivity index is 2.35. The minimum Gasteiger partial charge on any atom is -0.492 e. The van der Waals surface area contributed by atoms with Gasteiger partial charge in [0, 0.05) is 12.6 Å². The van der Waals surface area contributed by atoms with E-state index in [1.807, 2.05) is 27.7 Å². The molecule has 29 heavy (non-hydrogen) atoms. The second-order valence-corrected chi connectivity index (χ2v) is 7.02. The van der Waals surface area contributed by atoms with Crippen molar-refractivity contribution in [3.63, 3.8) is 0 Å². The standard InChI is InChI=1S/C22H28F2N2O3/c1-5-28-17-12-21(29-6-2)20(25-13-17)14-26(10-9-15(3)4)22(27)18-11-16(23)7-8-19(18)24/h7-8,11-13,15H,5-6,9-10,14H2,1-4H3. The summed E-state index contributed by atoms with van der Waals surface area (Å²) in [6, 6.07) is 4.61. The van der Waals surface area contributed by atoms with Gasteiger partial charge in [-0.15, -0.1) is 0 Å². The van der Waals surface area contributed by atoms with Gasteiger partial charge in [0.25, 0.3) is 5.91 Å². The van der Waals surface area contributed by atoms with Crippen molar-refractivity contribution in [1.82, 2.24) is 9.88 Å². The highest BCUT2D eigenvalue weighted by Crippen LogP contribution is 2.25. The van der Waals surface area contributed by atoms with Gasteiger partial charge in [-0.05, 0) is 44.4 Å². The molecule has 0 bridgehead atoms. The van der Waals surface area contributed by atoms with Gasteiger partial charge in [0.1, 0.15) is 28.8 Å². The molecule has 0 fully saturated rings. The van der Waals surface area contributed by atoms with E-state index in [2.05, 4.69) is 4.98 Å². The number of pyridine rings is 1. The largest absolute Gasteiger partial charge is 0.492 e. The average molecular weight is 406 g/mol. The van der Waals surface area contributed by atoms with Crippen molar-refractivity contribution in [2.24, 2.45) is 5.92 Å². The Labute approximate surface area is 170 Å². The van der Waals surface area contributed by atoms with Gasteiger partial charge in [0.2, 0.25) is 0 Å². The summed E-state index contributed by atoms with van der Waals surface area (Å²) in [5.41, 5.74) is 0.238. The number of amides is 1. The second-order valence-electron chi connectivity index (χ2n) is 7.02. The first-order valence-corrected chi connectivity index (χ1v) is 9.84. The molecule has 0 saturated carbocycles. The highest BCUT2D eigenvalue weighted by Gasteiger charge is 2.22. The molecule has 158 valence electrons. The van der Waals surface area contributed by atoms with Crippen molar-refractivity contribution in [3.05, 3.63) is 53.4 Å². The van der Waals surface area contributed by atoms with Crippen LogP contribution in [0.1, 0.15) is 50.2 Å². The summed E-state index contributed by atoms with van der Waals surface area (Å²) in [6.07, 6.45) is 2.28. The number of carbonyl (C=O) groups excluding carboxylic acids is 1. The number of aromatic nitrogens is 1. The van der Waals surface area contributed by atoms with Crippen molar-refractivity contribution in [2.45, 2.75) is 40.7 Å². The Morgan fingerprint density at radius 2 is 1.86 bits per heavy atom. The van der Waals surface area contributed by atoms with Crippen molar-refractivity contribution < 1.29 is 23.0 Å². The summed E-state index contributed by atoms with van der Waals surface area (Å²) in [7, 11) is 0. The van der Waals surface area contributed by atoms with Crippen LogP contribution in [0.25, 0.3) is 0 Å². The Bertz CT molecular complexity index is 828. The van der Waals surface area contributed by atoms with E-state index in [1.54, 1.807) is 12.3 Å². The number of rotatable bonds is 10. The summed E-state index contributed by atoms with van der Waals surface area (Å²) in [6.45, 7) is 9.19. The predicted molar refractivity (Wildman–Crippen MR) is 107 cm³/mol. The first kappa shape index (κ1) is 22.6. The number of carbonyl (C=O) groups is 1. The maximum absolute atomic E-state index is 14.2. The molecule has 1 heterocycles. The average Bonchev–Trinajstić information content (AvgIpc) is 2.68. The van der Waals surface area contributed by atoms with Gasteiger partial charge < -0.3 is 14.4 Å². The molecule has 0 N–H and O–H groups in total. The quantitative estimate of drug-likeness (QED) is 0.566. The van der Waals surface area contributed by atoms with Gasteiger partial charge in [0.05, 0.1) is 31.5 Å². The van der Waals surface area contributed by atoms with E-state index >= 15 is 0 Å². The molecular weight excluding hydrogens is 378 g/mol. The molecule has 0 aliphatic heterocycles. The Morgan fingerprint density at radius 1 is 1.14 bits per heavy atom. The maximum atomic E-state index is 14.2. The van der Waals surface area contributed by atoms with E-state index in [1.165, 1.54) is 4.90 Å². The number of nitrogens with zero attached hydrogens (tertiary/aromatic N) is 2. The minimum absolute atomic E-state index is 0.114. The van der Waals surface area contributed by atoms with Crippen LogP contribution in [0.3, 0.4) is 0 Å². The third kappa shape index (κ3) is 6.41. The molecule has 1 aromatic heterocycles. The predicted octanol–water partition coefficient (Wildman–Crippen LogP) is 4.85.